The van der Waals surface area contributed by atoms with Gasteiger partial charge in [0.05, 0.1) is 0 Å². The first-order valence-corrected chi connectivity index (χ1v) is 7.26. The minimum Gasteiger partial charge on any atom is -0.313 e. The Bertz CT molecular complexity index is 198. The van der Waals surface area contributed by atoms with Crippen LogP contribution in [-0.2, 0) is 0 Å². The molecule has 1 N–H and O–H groups in total. The van der Waals surface area contributed by atoms with Crippen molar-refractivity contribution >= 4 is 0 Å². The van der Waals surface area contributed by atoms with Crippen LogP contribution < -0.4 is 5.32 Å². The van der Waals surface area contributed by atoms with E-state index in [9.17, 15) is 0 Å². The smallest absolute Gasteiger partial charge is 0.0193 e. The lowest BCUT2D eigenvalue weighted by Crippen LogP contribution is -2.53. The summed E-state index contributed by atoms with van der Waals surface area (Å²) in [5.74, 6) is 0. The van der Waals surface area contributed by atoms with Crippen molar-refractivity contribution in [3.05, 3.63) is 0 Å². The molecule has 1 aliphatic heterocycles. The van der Waals surface area contributed by atoms with Gasteiger partial charge in [-0.3, -0.25) is 9.80 Å². The summed E-state index contributed by atoms with van der Waals surface area (Å²) in [6.07, 6.45) is 1.22. The second kappa shape index (κ2) is 7.34. The number of hydrogen-bond donors (Lipinski definition) is 1. The summed E-state index contributed by atoms with van der Waals surface area (Å²) in [6.45, 7) is 17.5. The third kappa shape index (κ3) is 4.94. The standard InChI is InChI=1S/C14H31N3/c1-6-13(4)15-11-14(5)17-9-7-16(8-10-17)12(2)3/h12-15H,6-11H2,1-5H3. The Balaban J connectivity index is 2.23. The van der Waals surface area contributed by atoms with Gasteiger partial charge in [-0.1, -0.05) is 6.92 Å². The van der Waals surface area contributed by atoms with Crippen molar-refractivity contribution in [3.63, 3.8) is 0 Å². The third-order valence-corrected chi connectivity index (χ3v) is 4.08. The van der Waals surface area contributed by atoms with Crippen molar-refractivity contribution in [2.45, 2.75) is 59.2 Å². The van der Waals surface area contributed by atoms with Crippen LogP contribution >= 0.6 is 0 Å². The second-order valence-electron chi connectivity index (χ2n) is 5.73. The maximum atomic E-state index is 3.61. The van der Waals surface area contributed by atoms with Gasteiger partial charge in [0.15, 0.2) is 0 Å². The van der Waals surface area contributed by atoms with Crippen LogP contribution in [-0.4, -0.2) is 60.6 Å². The Hall–Kier alpha value is -0.120. The normalized spacial score (nSPS) is 22.9. The summed E-state index contributed by atoms with van der Waals surface area (Å²) >= 11 is 0. The maximum absolute atomic E-state index is 3.61. The Kier molecular flexibility index (Phi) is 6.45. The number of piperazine rings is 1. The molecule has 2 atom stereocenters. The van der Waals surface area contributed by atoms with Gasteiger partial charge >= 0.3 is 0 Å². The van der Waals surface area contributed by atoms with E-state index in [0.29, 0.717) is 18.1 Å². The van der Waals surface area contributed by atoms with Crippen LogP contribution in [0.5, 0.6) is 0 Å². The van der Waals surface area contributed by atoms with Crippen LogP contribution in [0.2, 0.25) is 0 Å². The minimum absolute atomic E-state index is 0.648. The van der Waals surface area contributed by atoms with Gasteiger partial charge in [-0.2, -0.15) is 0 Å². The molecule has 102 valence electrons. The SMILES string of the molecule is CCC(C)NCC(C)N1CCN(C(C)C)CC1. The summed E-state index contributed by atoms with van der Waals surface area (Å²) in [4.78, 5) is 5.19. The molecule has 0 aromatic carbocycles. The van der Waals surface area contributed by atoms with Crippen LogP contribution in [0.3, 0.4) is 0 Å². The summed E-state index contributed by atoms with van der Waals surface area (Å²) in [7, 11) is 0. The van der Waals surface area contributed by atoms with Gasteiger partial charge in [0.25, 0.3) is 0 Å². The van der Waals surface area contributed by atoms with Crippen LogP contribution in [0.4, 0.5) is 0 Å². The van der Waals surface area contributed by atoms with Crippen molar-refractivity contribution in [3.8, 4) is 0 Å². The molecular weight excluding hydrogens is 210 g/mol. The monoisotopic (exact) mass is 241 g/mol. The molecular formula is C14H31N3. The molecule has 1 rings (SSSR count). The fourth-order valence-electron chi connectivity index (χ4n) is 2.34. The van der Waals surface area contributed by atoms with E-state index in [0.717, 1.165) is 6.54 Å². The van der Waals surface area contributed by atoms with E-state index in [1.807, 2.05) is 0 Å². The van der Waals surface area contributed by atoms with Crippen LogP contribution in [0, 0.1) is 0 Å². The van der Waals surface area contributed by atoms with Gasteiger partial charge in [-0.25, -0.2) is 0 Å². The largest absolute Gasteiger partial charge is 0.313 e. The highest BCUT2D eigenvalue weighted by atomic mass is 15.3. The van der Waals surface area contributed by atoms with Gasteiger partial charge in [-0.05, 0) is 34.1 Å². The van der Waals surface area contributed by atoms with Gasteiger partial charge in [0, 0.05) is 50.8 Å². The molecule has 3 heteroatoms. The first-order valence-electron chi connectivity index (χ1n) is 7.26. The first kappa shape index (κ1) is 14.9. The van der Waals surface area contributed by atoms with Crippen LogP contribution in [0.15, 0.2) is 0 Å². The quantitative estimate of drug-likeness (QED) is 0.765. The average Bonchev–Trinajstić information content (AvgIpc) is 2.35. The zero-order valence-electron chi connectivity index (χ0n) is 12.4. The van der Waals surface area contributed by atoms with Gasteiger partial charge in [0.2, 0.25) is 0 Å². The molecule has 0 aliphatic carbocycles. The van der Waals surface area contributed by atoms with Crippen molar-refractivity contribution < 1.29 is 0 Å². The van der Waals surface area contributed by atoms with Gasteiger partial charge < -0.3 is 5.32 Å². The Labute approximate surface area is 108 Å². The maximum Gasteiger partial charge on any atom is 0.0193 e. The predicted molar refractivity (Wildman–Crippen MR) is 75.5 cm³/mol. The van der Waals surface area contributed by atoms with Crippen LogP contribution in [0.25, 0.3) is 0 Å². The molecule has 1 saturated heterocycles. The van der Waals surface area contributed by atoms with E-state index >= 15 is 0 Å². The molecule has 0 aromatic rings. The van der Waals surface area contributed by atoms with Gasteiger partial charge in [0.1, 0.15) is 0 Å². The van der Waals surface area contributed by atoms with E-state index in [1.165, 1.54) is 32.6 Å². The Morgan fingerprint density at radius 1 is 0.941 bits per heavy atom. The molecule has 1 heterocycles. The lowest BCUT2D eigenvalue weighted by atomic mass is 10.2. The van der Waals surface area contributed by atoms with Crippen molar-refractivity contribution in [1.82, 2.24) is 15.1 Å². The number of rotatable bonds is 6. The summed E-state index contributed by atoms with van der Waals surface area (Å²) < 4.78 is 0. The highest BCUT2D eigenvalue weighted by Gasteiger charge is 2.22. The lowest BCUT2D eigenvalue weighted by molar-refractivity contribution is 0.0823. The molecule has 0 saturated carbocycles. The fourth-order valence-corrected chi connectivity index (χ4v) is 2.34. The molecule has 3 nitrogen and oxygen atoms in total. The Morgan fingerprint density at radius 2 is 1.47 bits per heavy atom. The van der Waals surface area contributed by atoms with Crippen molar-refractivity contribution in [2.24, 2.45) is 0 Å². The highest BCUT2D eigenvalue weighted by Crippen LogP contribution is 2.08. The highest BCUT2D eigenvalue weighted by molar-refractivity contribution is 4.79. The summed E-state index contributed by atoms with van der Waals surface area (Å²) in [5.41, 5.74) is 0. The number of nitrogens with one attached hydrogen (secondary N) is 1. The van der Waals surface area contributed by atoms with Crippen molar-refractivity contribution in [2.75, 3.05) is 32.7 Å². The molecule has 0 amide bonds. The zero-order valence-corrected chi connectivity index (χ0v) is 12.4. The molecule has 1 fully saturated rings. The molecule has 17 heavy (non-hydrogen) atoms. The van der Waals surface area contributed by atoms with Gasteiger partial charge in [-0.15, -0.1) is 0 Å². The summed E-state index contributed by atoms with van der Waals surface area (Å²) in [5, 5.41) is 3.61. The Morgan fingerprint density at radius 3 is 1.94 bits per heavy atom. The number of hydrogen-bond acceptors (Lipinski definition) is 3. The topological polar surface area (TPSA) is 18.5 Å². The molecule has 1 aliphatic rings. The minimum atomic E-state index is 0.648. The lowest BCUT2D eigenvalue weighted by Gasteiger charge is -2.40. The predicted octanol–water partition coefficient (Wildman–Crippen LogP) is 1.79. The molecule has 0 aromatic heterocycles. The van der Waals surface area contributed by atoms with Crippen LogP contribution in [0.1, 0.15) is 41.0 Å². The molecule has 0 spiro atoms. The van der Waals surface area contributed by atoms with E-state index in [1.54, 1.807) is 0 Å². The zero-order chi connectivity index (χ0) is 12.8. The molecule has 0 radical (unpaired) electrons. The molecule has 0 bridgehead atoms. The summed E-state index contributed by atoms with van der Waals surface area (Å²) in [6, 6.07) is 2.01. The van der Waals surface area contributed by atoms with E-state index in [4.69, 9.17) is 0 Å². The number of nitrogens with zero attached hydrogens (tertiary/aromatic N) is 2. The first-order chi connectivity index (χ1) is 8.04. The van der Waals surface area contributed by atoms with E-state index in [2.05, 4.69) is 49.7 Å². The van der Waals surface area contributed by atoms with E-state index in [-0.39, 0.29) is 0 Å². The van der Waals surface area contributed by atoms with E-state index < -0.39 is 0 Å². The fraction of sp³-hybridized carbons (Fsp3) is 1.00. The second-order valence-corrected chi connectivity index (χ2v) is 5.73. The average molecular weight is 241 g/mol. The molecule has 2 unspecified atom stereocenters. The van der Waals surface area contributed by atoms with Crippen molar-refractivity contribution in [1.29, 1.82) is 0 Å². The third-order valence-electron chi connectivity index (χ3n) is 4.08.